The molecule has 0 atom stereocenters. The van der Waals surface area contributed by atoms with Crippen molar-refractivity contribution in [1.82, 2.24) is 85.2 Å². The number of nitrogens with one attached hydrogen (secondary N) is 4. The van der Waals surface area contributed by atoms with Crippen molar-refractivity contribution in [2.75, 3.05) is 86.5 Å². The number of ether oxygens (including phenoxy) is 6. The highest BCUT2D eigenvalue weighted by atomic mass is 16.6. The third-order valence-electron chi connectivity index (χ3n) is 13.8. The van der Waals surface area contributed by atoms with Crippen LogP contribution in [0.15, 0.2) is 141 Å². The molecule has 2 aliphatic heterocycles. The molecule has 98 heavy (non-hydrogen) atoms. The first-order valence-corrected chi connectivity index (χ1v) is 31.8. The van der Waals surface area contributed by atoms with Crippen LogP contribution in [-0.2, 0) is 54.8 Å². The highest BCUT2D eigenvalue weighted by Crippen LogP contribution is 2.28. The van der Waals surface area contributed by atoms with Gasteiger partial charge in [-0.2, -0.15) is 20.4 Å². The van der Waals surface area contributed by atoms with Gasteiger partial charge in [-0.05, 0) is 104 Å². The number of likely N-dealkylation sites (N-methyl/N-ethyl adjacent to an activating group) is 5. The summed E-state index contributed by atoms with van der Waals surface area (Å²) in [7, 11) is 3.95. The summed E-state index contributed by atoms with van der Waals surface area (Å²) in [5, 5.41) is 27.5. The Balaban J connectivity index is 0.000000184. The molecule has 10 rings (SSSR count). The highest BCUT2D eigenvalue weighted by molar-refractivity contribution is 5.77. The summed E-state index contributed by atoms with van der Waals surface area (Å²) in [5.41, 5.74) is 3.95. The minimum absolute atomic E-state index is 0.0467. The lowest BCUT2D eigenvalue weighted by Gasteiger charge is -2.37. The lowest BCUT2D eigenvalue weighted by molar-refractivity contribution is -0.122. The summed E-state index contributed by atoms with van der Waals surface area (Å²) in [5.74, 6) is 1.08. The lowest BCUT2D eigenvalue weighted by atomic mass is 9.90. The summed E-state index contributed by atoms with van der Waals surface area (Å²) in [6.45, 7) is 19.2. The van der Waals surface area contributed by atoms with E-state index in [2.05, 4.69) is 68.5 Å². The maximum absolute atomic E-state index is 11.9. The fourth-order valence-corrected chi connectivity index (χ4v) is 8.67. The smallest absolute Gasteiger partial charge is 0.267 e. The van der Waals surface area contributed by atoms with Crippen LogP contribution in [-0.4, -0.2) is 186 Å². The second kappa shape index (κ2) is 37.4. The molecule has 31 heteroatoms. The molecule has 2 saturated heterocycles. The van der Waals surface area contributed by atoms with Crippen LogP contribution in [0.2, 0.25) is 0 Å². The largest absolute Gasteiger partial charge is 0.477 e. The van der Waals surface area contributed by atoms with Crippen LogP contribution >= 0.6 is 0 Å². The molecule has 8 aromatic rings. The molecule has 0 aliphatic carbocycles. The molecule has 0 saturated carbocycles. The summed E-state index contributed by atoms with van der Waals surface area (Å²) in [4.78, 5) is 113. The maximum atomic E-state index is 11.9. The molecule has 31 nitrogen and oxygen atoms in total. The zero-order valence-electron chi connectivity index (χ0n) is 56.3. The van der Waals surface area contributed by atoms with Crippen LogP contribution < -0.4 is 62.5 Å². The van der Waals surface area contributed by atoms with E-state index in [9.17, 15) is 38.4 Å². The van der Waals surface area contributed by atoms with E-state index in [1.807, 2.05) is 84.8 Å². The SMILES string of the molecule is CCNC(=O)Cn1nc(-c2ccc(OC(C)C)nc2)ccc1=O.CCNC(=O)Cn1nc(-c2ccc(OC3COC3)nc2)ccc1=O.CCNC(=O)Cn1nc(-c2ccc(OCC3(C)COC3)nc2)ccc1=O.CCNC(=O)Cn1nc(-c2ccc(OCCN(C)C)nc2)ccc1=O. The molecule has 0 bridgehead atoms. The van der Waals surface area contributed by atoms with E-state index in [1.165, 1.54) is 24.3 Å². The van der Waals surface area contributed by atoms with Gasteiger partial charge in [0.2, 0.25) is 47.1 Å². The quantitative estimate of drug-likeness (QED) is 0.0575. The molecule has 520 valence electrons. The van der Waals surface area contributed by atoms with Gasteiger partial charge in [-0.15, -0.1) is 0 Å². The molecular weight excluding hydrogens is 1270 g/mol. The van der Waals surface area contributed by atoms with Gasteiger partial charge in [0.15, 0.2) is 0 Å². The van der Waals surface area contributed by atoms with Crippen molar-refractivity contribution in [2.24, 2.45) is 5.41 Å². The van der Waals surface area contributed by atoms with Gasteiger partial charge in [-0.1, -0.05) is 6.92 Å². The number of aromatic nitrogens is 12. The van der Waals surface area contributed by atoms with Gasteiger partial charge in [0, 0.05) is 134 Å². The first-order valence-electron chi connectivity index (χ1n) is 31.8. The number of carbonyl (C=O) groups excluding carboxylic acids is 4. The standard InChI is InChI=1S/C18H22N4O4.C17H23N5O3.C16H18N4O4.C16H20N4O3/c1-3-19-15(23)9-22-17(24)7-5-14(21-22)13-4-6-16(20-8-13)26-12-18(2)10-25-11-18;1-4-18-15(23)12-22-17(24)8-6-14(20-22)13-5-7-16(19-11-13)25-10-9-21(2)3;1-2-17-14(21)8-20-16(22)6-4-13(19-20)11-3-5-15(18-7-11)24-12-9-23-10-12;1-4-17-14(21)10-20-16(22)8-6-13(19-20)12-5-7-15(18-9-12)23-11(2)3/h4-8H,3,9-12H2,1-2H3,(H,19,23);5-8,11H,4,9-10,12H2,1-3H3,(H,18,23);3-7,12H,2,8-10H2,1H3,(H,17,21);5-9,11H,4,10H2,1-3H3,(H,17,21). The summed E-state index contributed by atoms with van der Waals surface area (Å²) in [6, 6.07) is 26.3. The van der Waals surface area contributed by atoms with Crippen LogP contribution in [0.1, 0.15) is 48.5 Å². The van der Waals surface area contributed by atoms with Gasteiger partial charge in [-0.25, -0.2) is 38.7 Å². The topological polar surface area (TPSA) is 366 Å². The zero-order chi connectivity index (χ0) is 70.6. The van der Waals surface area contributed by atoms with E-state index in [4.69, 9.17) is 28.4 Å². The fraction of sp³-hybridized carbons (Fsp3) is 0.403. The molecule has 0 spiro atoms. The maximum Gasteiger partial charge on any atom is 0.267 e. The van der Waals surface area contributed by atoms with E-state index in [0.717, 1.165) is 47.5 Å². The Morgan fingerprint density at radius 2 is 0.827 bits per heavy atom. The average molecular weight is 1350 g/mol. The first kappa shape index (κ1) is 74.5. The minimum atomic E-state index is -0.331. The molecule has 8 aromatic heterocycles. The van der Waals surface area contributed by atoms with Gasteiger partial charge in [0.05, 0.1) is 61.9 Å². The third kappa shape index (κ3) is 23.8. The molecule has 10 heterocycles. The number of pyridine rings is 4. The number of hydrogen-bond acceptors (Lipinski definition) is 23. The Hall–Kier alpha value is -10.9. The molecule has 0 aromatic carbocycles. The van der Waals surface area contributed by atoms with Crippen molar-refractivity contribution in [3.8, 4) is 68.5 Å². The second-order valence-corrected chi connectivity index (χ2v) is 22.9. The van der Waals surface area contributed by atoms with Crippen LogP contribution in [0.4, 0.5) is 0 Å². The summed E-state index contributed by atoms with van der Waals surface area (Å²) < 4.78 is 37.1. The van der Waals surface area contributed by atoms with E-state index in [-0.39, 0.29) is 89.7 Å². The fourth-order valence-electron chi connectivity index (χ4n) is 8.67. The lowest BCUT2D eigenvalue weighted by Crippen LogP contribution is -2.44. The Morgan fingerprint density at radius 1 is 0.490 bits per heavy atom. The molecule has 0 unspecified atom stereocenters. The molecule has 0 radical (unpaired) electrons. The number of hydrogen-bond donors (Lipinski definition) is 4. The van der Waals surface area contributed by atoms with Crippen LogP contribution in [0, 0.1) is 5.41 Å². The van der Waals surface area contributed by atoms with Crippen molar-refractivity contribution in [2.45, 2.75) is 86.9 Å². The summed E-state index contributed by atoms with van der Waals surface area (Å²) >= 11 is 0. The van der Waals surface area contributed by atoms with Gasteiger partial charge >= 0.3 is 0 Å². The summed E-state index contributed by atoms with van der Waals surface area (Å²) in [6.07, 6.45) is 6.62. The monoisotopic (exact) mass is 1350 g/mol. The van der Waals surface area contributed by atoms with Gasteiger partial charge in [0.25, 0.3) is 22.2 Å². The van der Waals surface area contributed by atoms with E-state index in [0.29, 0.717) is 112 Å². The van der Waals surface area contributed by atoms with E-state index >= 15 is 0 Å². The van der Waals surface area contributed by atoms with Crippen molar-refractivity contribution < 1.29 is 47.6 Å². The Morgan fingerprint density at radius 3 is 1.10 bits per heavy atom. The molecular formula is C67H83N17O14. The number of amides is 4. The Bertz CT molecular complexity index is 4140. The second-order valence-electron chi connectivity index (χ2n) is 22.9. The van der Waals surface area contributed by atoms with Crippen molar-refractivity contribution >= 4 is 23.6 Å². The van der Waals surface area contributed by atoms with Crippen LogP contribution in [0.3, 0.4) is 0 Å². The Labute approximate surface area is 564 Å². The highest BCUT2D eigenvalue weighted by Gasteiger charge is 2.34. The number of carbonyl (C=O) groups is 4. The van der Waals surface area contributed by atoms with E-state index < -0.39 is 0 Å². The van der Waals surface area contributed by atoms with Crippen LogP contribution in [0.25, 0.3) is 45.0 Å². The van der Waals surface area contributed by atoms with Crippen LogP contribution in [0.5, 0.6) is 23.5 Å². The predicted molar refractivity (Wildman–Crippen MR) is 361 cm³/mol. The molecule has 4 N–H and O–H groups in total. The van der Waals surface area contributed by atoms with Gasteiger partial charge in [0.1, 0.15) is 38.9 Å². The zero-order valence-corrected chi connectivity index (χ0v) is 56.3. The van der Waals surface area contributed by atoms with Crippen molar-refractivity contribution in [1.29, 1.82) is 0 Å². The normalized spacial score (nSPS) is 12.7. The van der Waals surface area contributed by atoms with Crippen molar-refractivity contribution in [3.05, 3.63) is 163 Å². The Kier molecular flexibility index (Phi) is 28.4. The molecule has 2 aliphatic rings. The molecule has 4 amide bonds. The minimum Gasteiger partial charge on any atom is -0.477 e. The predicted octanol–water partition coefficient (Wildman–Crippen LogP) is 2.69. The van der Waals surface area contributed by atoms with Crippen molar-refractivity contribution in [3.63, 3.8) is 0 Å². The average Bonchev–Trinajstić information content (AvgIpc) is 0.881. The van der Waals surface area contributed by atoms with Gasteiger partial charge in [-0.3, -0.25) is 38.4 Å². The molecule has 2 fully saturated rings. The van der Waals surface area contributed by atoms with Gasteiger partial charge < -0.3 is 54.6 Å². The number of nitrogens with zero attached hydrogens (tertiary/aromatic N) is 13. The third-order valence-corrected chi connectivity index (χ3v) is 13.8. The number of rotatable bonds is 27. The van der Waals surface area contributed by atoms with E-state index in [1.54, 1.807) is 73.3 Å². The first-order chi connectivity index (χ1) is 47.1.